The highest BCUT2D eigenvalue weighted by molar-refractivity contribution is 7.81. The Morgan fingerprint density at radius 1 is 1.31 bits per heavy atom. The zero-order valence-corrected chi connectivity index (χ0v) is 10.3. The van der Waals surface area contributed by atoms with Crippen LogP contribution in [0.4, 0.5) is 4.39 Å². The predicted molar refractivity (Wildman–Crippen MR) is 69.4 cm³/mol. The molecule has 0 saturated heterocycles. The highest BCUT2D eigenvalue weighted by Crippen LogP contribution is 2.38. The van der Waals surface area contributed by atoms with E-state index in [0.29, 0.717) is 5.56 Å². The number of hydrogen-bond donors (Lipinski definition) is 1. The van der Waals surface area contributed by atoms with Gasteiger partial charge >= 0.3 is 0 Å². The van der Waals surface area contributed by atoms with Crippen molar-refractivity contribution in [2.24, 2.45) is 0 Å². The minimum absolute atomic E-state index is 0.00750. The van der Waals surface area contributed by atoms with Crippen molar-refractivity contribution in [2.45, 2.75) is 24.5 Å². The number of rotatable bonds is 1. The first-order valence-corrected chi connectivity index (χ1v) is 5.86. The van der Waals surface area contributed by atoms with Crippen LogP contribution in [0, 0.1) is 5.82 Å². The highest BCUT2D eigenvalue weighted by Gasteiger charge is 2.34. The molecule has 0 amide bonds. The van der Waals surface area contributed by atoms with Crippen LogP contribution in [0.2, 0.25) is 0 Å². The molecule has 0 spiro atoms. The summed E-state index contributed by atoms with van der Waals surface area (Å²) in [7, 11) is 0. The van der Waals surface area contributed by atoms with Crippen molar-refractivity contribution in [1.29, 1.82) is 0 Å². The fourth-order valence-corrected chi connectivity index (χ4v) is 2.48. The van der Waals surface area contributed by atoms with Gasteiger partial charge in [-0.25, -0.2) is 4.39 Å². The lowest BCUT2D eigenvalue weighted by molar-refractivity contribution is 0.536. The third-order valence-electron chi connectivity index (χ3n) is 3.14. The van der Waals surface area contributed by atoms with E-state index in [0.717, 1.165) is 5.57 Å². The fraction of sp³-hybridized carbons (Fsp3) is 0.286. The lowest BCUT2D eigenvalue weighted by atomic mass is 9.75. The molecule has 0 saturated carbocycles. The molecule has 0 heterocycles. The van der Waals surface area contributed by atoms with Crippen molar-refractivity contribution in [1.82, 2.24) is 0 Å². The van der Waals surface area contributed by atoms with Gasteiger partial charge in [-0.05, 0) is 18.6 Å². The zero-order chi connectivity index (χ0) is 11.8. The molecule has 0 nitrogen and oxygen atoms in total. The van der Waals surface area contributed by atoms with E-state index in [2.05, 4.69) is 18.7 Å². The van der Waals surface area contributed by atoms with Gasteiger partial charge in [0.15, 0.2) is 0 Å². The molecule has 1 aliphatic carbocycles. The maximum atomic E-state index is 13.8. The van der Waals surface area contributed by atoms with Crippen LogP contribution in [0.5, 0.6) is 0 Å². The summed E-state index contributed by atoms with van der Waals surface area (Å²) in [6.45, 7) is 4.05. The zero-order valence-electron chi connectivity index (χ0n) is 9.44. The van der Waals surface area contributed by atoms with E-state index in [-0.39, 0.29) is 16.5 Å². The Bertz CT molecular complexity index is 462. The van der Waals surface area contributed by atoms with Gasteiger partial charge in [0.25, 0.3) is 0 Å². The van der Waals surface area contributed by atoms with Crippen LogP contribution < -0.4 is 0 Å². The summed E-state index contributed by atoms with van der Waals surface area (Å²) < 4.78 is 13.8. The molecule has 0 fully saturated rings. The molecule has 0 aliphatic heterocycles. The van der Waals surface area contributed by atoms with Gasteiger partial charge in [0.1, 0.15) is 5.82 Å². The number of benzene rings is 1. The second kappa shape index (κ2) is 4.10. The molecule has 0 radical (unpaired) electrons. The van der Waals surface area contributed by atoms with Crippen LogP contribution in [-0.4, -0.2) is 5.25 Å². The molecular formula is C14H15FS. The highest BCUT2D eigenvalue weighted by atomic mass is 32.1. The first-order chi connectivity index (χ1) is 7.54. The van der Waals surface area contributed by atoms with Crippen molar-refractivity contribution in [3.8, 4) is 0 Å². The molecule has 2 rings (SSSR count). The Morgan fingerprint density at radius 3 is 2.69 bits per heavy atom. The summed E-state index contributed by atoms with van der Waals surface area (Å²) in [5.74, 6) is -0.164. The van der Waals surface area contributed by atoms with Gasteiger partial charge in [0, 0.05) is 10.7 Å². The van der Waals surface area contributed by atoms with Crippen molar-refractivity contribution < 1.29 is 4.39 Å². The monoisotopic (exact) mass is 234 g/mol. The van der Waals surface area contributed by atoms with E-state index in [1.165, 1.54) is 6.07 Å². The molecule has 0 bridgehead atoms. The summed E-state index contributed by atoms with van der Waals surface area (Å²) in [4.78, 5) is 0. The van der Waals surface area contributed by atoms with Crippen molar-refractivity contribution >= 4 is 12.6 Å². The van der Waals surface area contributed by atoms with E-state index in [1.54, 1.807) is 6.07 Å². The molecule has 2 unspecified atom stereocenters. The lowest BCUT2D eigenvalue weighted by Gasteiger charge is -2.34. The van der Waals surface area contributed by atoms with Crippen LogP contribution in [0.25, 0.3) is 0 Å². The predicted octanol–water partition coefficient (Wildman–Crippen LogP) is 3.90. The van der Waals surface area contributed by atoms with E-state index >= 15 is 0 Å². The minimum atomic E-state index is -0.368. The van der Waals surface area contributed by atoms with Crippen LogP contribution in [0.3, 0.4) is 0 Å². The number of hydrogen-bond acceptors (Lipinski definition) is 1. The first kappa shape index (κ1) is 11.5. The Hall–Kier alpha value is -1.02. The Kier molecular flexibility index (Phi) is 2.94. The van der Waals surface area contributed by atoms with Gasteiger partial charge in [-0.1, -0.05) is 48.9 Å². The maximum Gasteiger partial charge on any atom is 0.127 e. The Labute approximate surface area is 101 Å². The number of allylic oxidation sites excluding steroid dienone is 3. The SMILES string of the molecule is CC1=CC(C)(c2ccccc2F)C(S)C=C1. The van der Waals surface area contributed by atoms with Crippen LogP contribution in [0.1, 0.15) is 19.4 Å². The summed E-state index contributed by atoms with van der Waals surface area (Å²) in [5, 5.41) is 0.00750. The van der Waals surface area contributed by atoms with Gasteiger partial charge in [-0.2, -0.15) is 12.6 Å². The van der Waals surface area contributed by atoms with E-state index in [9.17, 15) is 4.39 Å². The molecule has 84 valence electrons. The van der Waals surface area contributed by atoms with Crippen LogP contribution in [0.15, 0.2) is 48.1 Å². The van der Waals surface area contributed by atoms with Crippen LogP contribution in [-0.2, 0) is 5.41 Å². The minimum Gasteiger partial charge on any atom is -0.207 e. The summed E-state index contributed by atoms with van der Waals surface area (Å²) in [6, 6.07) is 6.92. The normalized spacial score (nSPS) is 29.0. The third kappa shape index (κ3) is 1.82. The topological polar surface area (TPSA) is 0 Å². The van der Waals surface area contributed by atoms with E-state index < -0.39 is 0 Å². The quantitative estimate of drug-likeness (QED) is 0.700. The third-order valence-corrected chi connectivity index (χ3v) is 3.85. The molecular weight excluding hydrogens is 219 g/mol. The lowest BCUT2D eigenvalue weighted by Crippen LogP contribution is -2.32. The van der Waals surface area contributed by atoms with Gasteiger partial charge in [-0.3, -0.25) is 0 Å². The fourth-order valence-electron chi connectivity index (χ4n) is 2.18. The van der Waals surface area contributed by atoms with Crippen molar-refractivity contribution in [3.63, 3.8) is 0 Å². The van der Waals surface area contributed by atoms with Gasteiger partial charge in [-0.15, -0.1) is 0 Å². The molecule has 1 aromatic carbocycles. The van der Waals surface area contributed by atoms with E-state index in [4.69, 9.17) is 0 Å². The molecule has 2 atom stereocenters. The molecule has 16 heavy (non-hydrogen) atoms. The van der Waals surface area contributed by atoms with Gasteiger partial charge in [0.2, 0.25) is 0 Å². The first-order valence-electron chi connectivity index (χ1n) is 5.35. The largest absolute Gasteiger partial charge is 0.207 e. The Morgan fingerprint density at radius 2 is 2.00 bits per heavy atom. The molecule has 1 aliphatic rings. The average molecular weight is 234 g/mol. The molecule has 0 N–H and O–H groups in total. The van der Waals surface area contributed by atoms with Crippen molar-refractivity contribution in [3.05, 3.63) is 59.4 Å². The summed E-state index contributed by atoms with van der Waals surface area (Å²) in [6.07, 6.45) is 6.13. The van der Waals surface area contributed by atoms with Crippen LogP contribution >= 0.6 is 12.6 Å². The second-order valence-electron chi connectivity index (χ2n) is 4.45. The molecule has 0 aromatic heterocycles. The summed E-state index contributed by atoms with van der Waals surface area (Å²) in [5.41, 5.74) is 1.49. The standard InChI is InChI=1S/C14H15FS/c1-10-7-8-13(16)14(2,9-10)11-5-3-4-6-12(11)15/h3-9,13,16H,1-2H3. The maximum absolute atomic E-state index is 13.8. The van der Waals surface area contributed by atoms with E-state index in [1.807, 2.05) is 38.1 Å². The number of thiol groups is 1. The smallest absolute Gasteiger partial charge is 0.127 e. The molecule has 2 heteroatoms. The van der Waals surface area contributed by atoms with Crippen molar-refractivity contribution in [2.75, 3.05) is 0 Å². The van der Waals surface area contributed by atoms with Gasteiger partial charge in [0.05, 0.1) is 0 Å². The average Bonchev–Trinajstić information content (AvgIpc) is 2.24. The summed E-state index contributed by atoms with van der Waals surface area (Å²) >= 11 is 4.54. The second-order valence-corrected chi connectivity index (χ2v) is 5.01. The van der Waals surface area contributed by atoms with Gasteiger partial charge < -0.3 is 0 Å². The Balaban J connectivity index is 2.54. The number of halogens is 1. The molecule has 1 aromatic rings.